The van der Waals surface area contributed by atoms with Crippen LogP contribution in [-0.2, 0) is 0 Å². The lowest BCUT2D eigenvalue weighted by molar-refractivity contribution is 0.415. The Morgan fingerprint density at radius 3 is 2.63 bits per heavy atom. The molecule has 0 aliphatic heterocycles. The van der Waals surface area contributed by atoms with Crippen LogP contribution in [0.25, 0.3) is 0 Å². The summed E-state index contributed by atoms with van der Waals surface area (Å²) < 4.78 is 5.19. The minimum absolute atomic E-state index is 0.424. The molecule has 0 aromatic heterocycles. The third kappa shape index (κ3) is 6.90. The van der Waals surface area contributed by atoms with Crippen LogP contribution in [0.3, 0.4) is 0 Å². The van der Waals surface area contributed by atoms with Crippen molar-refractivity contribution in [2.45, 2.75) is 26.7 Å². The van der Waals surface area contributed by atoms with E-state index in [0.717, 1.165) is 30.1 Å². The molecule has 27 heavy (non-hydrogen) atoms. The summed E-state index contributed by atoms with van der Waals surface area (Å²) >= 11 is 5.26. The van der Waals surface area contributed by atoms with Gasteiger partial charge in [0.2, 0.25) is 0 Å². The standard InChI is InChI=1S/C21H28N4OS/c1-4-6-14-25(5-2)19-12-10-17(11-13-19)16-22-24-21(27)23-18-8-7-9-20(15-18)26-3/h7-13,15-16H,4-6,14H2,1-3H3,(H2,23,24,27). The fourth-order valence-electron chi connectivity index (χ4n) is 2.62. The van der Waals surface area contributed by atoms with Crippen molar-refractivity contribution < 1.29 is 4.74 Å². The number of thiocarbonyl (C=S) groups is 1. The molecule has 2 rings (SSSR count). The summed E-state index contributed by atoms with van der Waals surface area (Å²) in [6.45, 7) is 6.50. The van der Waals surface area contributed by atoms with Crippen LogP contribution in [0.2, 0.25) is 0 Å². The van der Waals surface area contributed by atoms with E-state index >= 15 is 0 Å². The molecule has 0 radical (unpaired) electrons. The summed E-state index contributed by atoms with van der Waals surface area (Å²) in [4.78, 5) is 2.38. The van der Waals surface area contributed by atoms with Gasteiger partial charge in [-0.3, -0.25) is 5.43 Å². The molecule has 0 atom stereocenters. The van der Waals surface area contributed by atoms with Crippen molar-refractivity contribution in [2.75, 3.05) is 30.4 Å². The van der Waals surface area contributed by atoms with Gasteiger partial charge in [0, 0.05) is 30.5 Å². The molecule has 0 heterocycles. The van der Waals surface area contributed by atoms with Gasteiger partial charge in [0.15, 0.2) is 5.11 Å². The average Bonchev–Trinajstić information content (AvgIpc) is 2.69. The van der Waals surface area contributed by atoms with Crippen molar-refractivity contribution in [3.8, 4) is 5.75 Å². The van der Waals surface area contributed by atoms with E-state index in [2.05, 4.69) is 58.9 Å². The van der Waals surface area contributed by atoms with Crippen molar-refractivity contribution in [1.82, 2.24) is 5.43 Å². The van der Waals surface area contributed by atoms with E-state index in [1.165, 1.54) is 18.5 Å². The lowest BCUT2D eigenvalue weighted by Crippen LogP contribution is -2.24. The van der Waals surface area contributed by atoms with Gasteiger partial charge in [0.25, 0.3) is 0 Å². The van der Waals surface area contributed by atoms with Crippen LogP contribution in [0.5, 0.6) is 5.75 Å². The van der Waals surface area contributed by atoms with Crippen LogP contribution < -0.4 is 20.4 Å². The summed E-state index contributed by atoms with van der Waals surface area (Å²) in [7, 11) is 1.63. The van der Waals surface area contributed by atoms with Gasteiger partial charge in [0.1, 0.15) is 5.75 Å². The van der Waals surface area contributed by atoms with Gasteiger partial charge < -0.3 is 15.0 Å². The molecule has 5 nitrogen and oxygen atoms in total. The van der Waals surface area contributed by atoms with E-state index in [-0.39, 0.29) is 0 Å². The number of ether oxygens (including phenoxy) is 1. The van der Waals surface area contributed by atoms with E-state index < -0.39 is 0 Å². The topological polar surface area (TPSA) is 48.9 Å². The maximum Gasteiger partial charge on any atom is 0.191 e. The molecule has 0 fully saturated rings. The highest BCUT2D eigenvalue weighted by Gasteiger charge is 2.03. The third-order valence-corrected chi connectivity index (χ3v) is 4.32. The molecule has 0 saturated heterocycles. The second kappa shape index (κ2) is 11.2. The molecule has 0 aliphatic rings. The first-order chi connectivity index (χ1) is 13.2. The number of unbranched alkanes of at least 4 members (excludes halogenated alkanes) is 1. The second-order valence-electron chi connectivity index (χ2n) is 6.08. The molecular formula is C21H28N4OS. The van der Waals surface area contributed by atoms with Gasteiger partial charge in [-0.15, -0.1) is 0 Å². The lowest BCUT2D eigenvalue weighted by atomic mass is 10.2. The fraction of sp³-hybridized carbons (Fsp3) is 0.333. The predicted molar refractivity (Wildman–Crippen MR) is 119 cm³/mol. The Kier molecular flexibility index (Phi) is 8.58. The molecule has 2 aromatic rings. The number of nitrogens with zero attached hydrogens (tertiary/aromatic N) is 2. The Bertz CT molecular complexity index is 746. The number of hydrazone groups is 1. The molecule has 0 unspecified atom stereocenters. The zero-order chi connectivity index (χ0) is 19.5. The quantitative estimate of drug-likeness (QED) is 0.375. The molecule has 2 N–H and O–H groups in total. The van der Waals surface area contributed by atoms with Crippen LogP contribution in [0, 0.1) is 0 Å². The van der Waals surface area contributed by atoms with Gasteiger partial charge in [-0.2, -0.15) is 5.10 Å². The molecule has 0 amide bonds. The van der Waals surface area contributed by atoms with E-state index in [1.807, 2.05) is 24.3 Å². The van der Waals surface area contributed by atoms with Gasteiger partial charge in [0.05, 0.1) is 13.3 Å². The number of methoxy groups -OCH3 is 1. The number of nitrogens with one attached hydrogen (secondary N) is 2. The Morgan fingerprint density at radius 1 is 1.19 bits per heavy atom. The summed E-state index contributed by atoms with van der Waals surface area (Å²) in [5, 5.41) is 7.70. The highest BCUT2D eigenvalue weighted by Crippen LogP contribution is 2.17. The third-order valence-electron chi connectivity index (χ3n) is 4.13. The number of hydrogen-bond donors (Lipinski definition) is 2. The molecule has 0 bridgehead atoms. The van der Waals surface area contributed by atoms with E-state index in [9.17, 15) is 0 Å². The highest BCUT2D eigenvalue weighted by molar-refractivity contribution is 7.80. The maximum absolute atomic E-state index is 5.26. The molecular weight excluding hydrogens is 356 g/mol. The van der Waals surface area contributed by atoms with Crippen molar-refractivity contribution >= 4 is 34.9 Å². The highest BCUT2D eigenvalue weighted by atomic mass is 32.1. The Labute approximate surface area is 167 Å². The van der Waals surface area contributed by atoms with Crippen molar-refractivity contribution in [1.29, 1.82) is 0 Å². The Balaban J connectivity index is 1.87. The van der Waals surface area contributed by atoms with Crippen molar-refractivity contribution in [3.63, 3.8) is 0 Å². The molecule has 144 valence electrons. The summed E-state index contributed by atoms with van der Waals surface area (Å²) in [6.07, 6.45) is 4.17. The Hall–Kier alpha value is -2.60. The monoisotopic (exact) mass is 384 g/mol. The van der Waals surface area contributed by atoms with Crippen LogP contribution in [-0.4, -0.2) is 31.5 Å². The first-order valence-corrected chi connectivity index (χ1v) is 9.66. The van der Waals surface area contributed by atoms with Gasteiger partial charge in [-0.25, -0.2) is 0 Å². The van der Waals surface area contributed by atoms with E-state index in [0.29, 0.717) is 5.11 Å². The number of benzene rings is 2. The van der Waals surface area contributed by atoms with Gasteiger partial charge in [-0.1, -0.05) is 31.5 Å². The molecule has 2 aromatic carbocycles. The summed E-state index contributed by atoms with van der Waals surface area (Å²) in [5.41, 5.74) is 5.94. The van der Waals surface area contributed by atoms with Crippen molar-refractivity contribution in [3.05, 3.63) is 54.1 Å². The average molecular weight is 385 g/mol. The van der Waals surface area contributed by atoms with Crippen LogP contribution in [0.1, 0.15) is 32.3 Å². The first-order valence-electron chi connectivity index (χ1n) is 9.25. The summed E-state index contributed by atoms with van der Waals surface area (Å²) in [6, 6.07) is 16.0. The van der Waals surface area contributed by atoms with Gasteiger partial charge in [-0.05, 0) is 55.4 Å². The SMILES string of the molecule is CCCCN(CC)c1ccc(C=NNC(=S)Nc2cccc(OC)c2)cc1. The predicted octanol–water partition coefficient (Wildman–Crippen LogP) is 4.64. The summed E-state index contributed by atoms with van der Waals surface area (Å²) in [5.74, 6) is 0.770. The number of hydrogen-bond acceptors (Lipinski definition) is 4. The second-order valence-corrected chi connectivity index (χ2v) is 6.49. The minimum Gasteiger partial charge on any atom is -0.497 e. The van der Waals surface area contributed by atoms with Crippen LogP contribution in [0.15, 0.2) is 53.6 Å². The zero-order valence-corrected chi connectivity index (χ0v) is 17.1. The van der Waals surface area contributed by atoms with Crippen LogP contribution in [0.4, 0.5) is 11.4 Å². The van der Waals surface area contributed by atoms with E-state index in [4.69, 9.17) is 17.0 Å². The molecule has 6 heteroatoms. The largest absolute Gasteiger partial charge is 0.497 e. The fourth-order valence-corrected chi connectivity index (χ4v) is 2.79. The lowest BCUT2D eigenvalue weighted by Gasteiger charge is -2.22. The van der Waals surface area contributed by atoms with E-state index in [1.54, 1.807) is 13.3 Å². The normalized spacial score (nSPS) is 10.6. The number of rotatable bonds is 9. The Morgan fingerprint density at radius 2 is 1.96 bits per heavy atom. The number of anilines is 2. The minimum atomic E-state index is 0.424. The molecule has 0 spiro atoms. The van der Waals surface area contributed by atoms with Crippen molar-refractivity contribution in [2.24, 2.45) is 5.10 Å². The van der Waals surface area contributed by atoms with Gasteiger partial charge >= 0.3 is 0 Å². The molecule has 0 saturated carbocycles. The zero-order valence-electron chi connectivity index (χ0n) is 16.2. The molecule has 0 aliphatic carbocycles. The maximum atomic E-state index is 5.26. The van der Waals surface area contributed by atoms with Crippen LogP contribution >= 0.6 is 12.2 Å². The smallest absolute Gasteiger partial charge is 0.191 e. The first kappa shape index (κ1) is 20.7.